The Morgan fingerprint density at radius 1 is 1.31 bits per heavy atom. The number of rotatable bonds is 5. The molecule has 154 valence electrons. The van der Waals surface area contributed by atoms with E-state index in [2.05, 4.69) is 17.3 Å². The highest BCUT2D eigenvalue weighted by Gasteiger charge is 2.30. The maximum atomic E-state index is 12.3. The summed E-state index contributed by atoms with van der Waals surface area (Å²) in [5.74, 6) is 0.545. The van der Waals surface area contributed by atoms with Gasteiger partial charge in [-0.3, -0.25) is 14.3 Å². The number of carbonyl (C=O) groups is 2. The second-order valence-electron chi connectivity index (χ2n) is 7.64. The minimum atomic E-state index is -0.159. The first-order valence-corrected chi connectivity index (χ1v) is 9.91. The third-order valence-corrected chi connectivity index (χ3v) is 5.53. The molecular weight excluding hydrogens is 372 g/mol. The van der Waals surface area contributed by atoms with Crippen LogP contribution >= 0.6 is 0 Å². The van der Waals surface area contributed by atoms with E-state index >= 15 is 0 Å². The predicted molar refractivity (Wildman–Crippen MR) is 108 cm³/mol. The number of nitrogens with one attached hydrogen (secondary N) is 1. The van der Waals surface area contributed by atoms with Gasteiger partial charge >= 0.3 is 0 Å². The summed E-state index contributed by atoms with van der Waals surface area (Å²) in [7, 11) is 0. The minimum Gasteiger partial charge on any atom is -0.472 e. The van der Waals surface area contributed by atoms with Crippen molar-refractivity contribution < 1.29 is 19.1 Å². The Morgan fingerprint density at radius 3 is 2.76 bits per heavy atom. The number of benzene rings is 1. The molecule has 0 radical (unpaired) electrons. The van der Waals surface area contributed by atoms with Gasteiger partial charge in [0.15, 0.2) is 6.73 Å². The lowest BCUT2D eigenvalue weighted by molar-refractivity contribution is -0.120. The van der Waals surface area contributed by atoms with Crippen molar-refractivity contribution in [2.45, 2.75) is 45.7 Å². The first kappa shape index (κ1) is 19.4. The van der Waals surface area contributed by atoms with Crippen LogP contribution in [0.2, 0.25) is 0 Å². The lowest BCUT2D eigenvalue weighted by Gasteiger charge is -2.36. The number of ether oxygens (including phenoxy) is 2. The lowest BCUT2D eigenvalue weighted by Crippen LogP contribution is -2.41. The standard InChI is InChI=1S/C21H26N4O4/c1-13-4-5-19-20(25(13)15(3)27)7-6-18(21(19)29-12-22-14(2)26)16-8-23-24(9-16)17-10-28-11-17/h6-9,13,17H,4-5,10-12H2,1-3H3,(H,22,26)/t13-/m0/s1. The number of amides is 2. The molecule has 0 spiro atoms. The summed E-state index contributed by atoms with van der Waals surface area (Å²) >= 11 is 0. The molecule has 3 heterocycles. The molecule has 0 aliphatic carbocycles. The van der Waals surface area contributed by atoms with Gasteiger partial charge in [-0.2, -0.15) is 5.10 Å². The molecule has 1 aromatic carbocycles. The second-order valence-corrected chi connectivity index (χ2v) is 7.64. The number of carbonyl (C=O) groups excluding carboxylic acids is 2. The van der Waals surface area contributed by atoms with Crippen molar-refractivity contribution in [3.8, 4) is 16.9 Å². The molecule has 2 aromatic rings. The topological polar surface area (TPSA) is 85.7 Å². The van der Waals surface area contributed by atoms with Crippen molar-refractivity contribution in [2.24, 2.45) is 0 Å². The van der Waals surface area contributed by atoms with E-state index in [0.717, 1.165) is 35.2 Å². The molecule has 0 bridgehead atoms. The van der Waals surface area contributed by atoms with E-state index < -0.39 is 0 Å². The molecule has 4 rings (SSSR count). The summed E-state index contributed by atoms with van der Waals surface area (Å²) in [6.45, 7) is 6.50. The summed E-state index contributed by atoms with van der Waals surface area (Å²) in [5, 5.41) is 7.16. The highest BCUT2D eigenvalue weighted by atomic mass is 16.5. The van der Waals surface area contributed by atoms with Crippen molar-refractivity contribution >= 4 is 17.5 Å². The molecule has 29 heavy (non-hydrogen) atoms. The highest BCUT2D eigenvalue weighted by Crippen LogP contribution is 2.43. The van der Waals surface area contributed by atoms with E-state index in [0.29, 0.717) is 19.0 Å². The number of nitrogens with zero attached hydrogens (tertiary/aromatic N) is 3. The second kappa shape index (κ2) is 7.87. The number of hydrogen-bond acceptors (Lipinski definition) is 5. The molecule has 0 unspecified atom stereocenters. The monoisotopic (exact) mass is 398 g/mol. The Balaban J connectivity index is 1.75. The summed E-state index contributed by atoms with van der Waals surface area (Å²) in [4.78, 5) is 25.4. The van der Waals surface area contributed by atoms with Gasteiger partial charge in [-0.15, -0.1) is 0 Å². The van der Waals surface area contributed by atoms with Crippen molar-refractivity contribution in [3.63, 3.8) is 0 Å². The fourth-order valence-corrected chi connectivity index (χ4v) is 3.94. The van der Waals surface area contributed by atoms with Crippen molar-refractivity contribution in [3.05, 3.63) is 30.1 Å². The average molecular weight is 398 g/mol. The zero-order valence-electron chi connectivity index (χ0n) is 17.0. The third kappa shape index (κ3) is 3.72. The fourth-order valence-electron chi connectivity index (χ4n) is 3.94. The van der Waals surface area contributed by atoms with Crippen molar-refractivity contribution in [2.75, 3.05) is 24.8 Å². The van der Waals surface area contributed by atoms with Crippen LogP contribution in [0.4, 0.5) is 5.69 Å². The zero-order chi connectivity index (χ0) is 20.5. The van der Waals surface area contributed by atoms with Gasteiger partial charge in [0.05, 0.1) is 31.1 Å². The summed E-state index contributed by atoms with van der Waals surface area (Å²) in [5.41, 5.74) is 3.70. The smallest absolute Gasteiger partial charge is 0.224 e. The van der Waals surface area contributed by atoms with Crippen molar-refractivity contribution in [1.82, 2.24) is 15.1 Å². The minimum absolute atomic E-state index is 0.0109. The maximum Gasteiger partial charge on any atom is 0.224 e. The van der Waals surface area contributed by atoms with Gasteiger partial charge in [0, 0.05) is 42.8 Å². The molecule has 8 nitrogen and oxygen atoms in total. The Bertz CT molecular complexity index is 935. The van der Waals surface area contributed by atoms with Gasteiger partial charge in [0.1, 0.15) is 5.75 Å². The van der Waals surface area contributed by atoms with Gasteiger partial charge in [0.25, 0.3) is 0 Å². The van der Waals surface area contributed by atoms with Gasteiger partial charge in [0.2, 0.25) is 11.8 Å². The van der Waals surface area contributed by atoms with Crippen LogP contribution in [0.15, 0.2) is 24.5 Å². The molecule has 1 aromatic heterocycles. The van der Waals surface area contributed by atoms with Gasteiger partial charge in [-0.1, -0.05) is 0 Å². The predicted octanol–water partition coefficient (Wildman–Crippen LogP) is 2.28. The lowest BCUT2D eigenvalue weighted by atomic mass is 9.92. The Kier molecular flexibility index (Phi) is 5.27. The van der Waals surface area contributed by atoms with E-state index in [1.165, 1.54) is 6.92 Å². The zero-order valence-corrected chi connectivity index (χ0v) is 17.0. The van der Waals surface area contributed by atoms with Gasteiger partial charge in [-0.05, 0) is 31.9 Å². The van der Waals surface area contributed by atoms with E-state index in [-0.39, 0.29) is 30.6 Å². The first-order valence-electron chi connectivity index (χ1n) is 9.91. The molecule has 1 N–H and O–H groups in total. The normalized spacial score (nSPS) is 18.7. The molecule has 2 aliphatic rings. The SMILES string of the molecule is CC(=O)NCOc1c(-c2cnn(C3COC3)c2)ccc2c1CC[C@H](C)N2C(C)=O. The van der Waals surface area contributed by atoms with Crippen LogP contribution < -0.4 is 15.0 Å². The van der Waals surface area contributed by atoms with Crippen LogP contribution in [0.3, 0.4) is 0 Å². The van der Waals surface area contributed by atoms with Gasteiger partial charge in [-0.25, -0.2) is 0 Å². The third-order valence-electron chi connectivity index (χ3n) is 5.53. The quantitative estimate of drug-likeness (QED) is 0.781. The molecular formula is C21H26N4O4. The number of fused-ring (bicyclic) bond motifs is 1. The van der Waals surface area contributed by atoms with Crippen LogP contribution in [0.1, 0.15) is 38.8 Å². The largest absolute Gasteiger partial charge is 0.472 e. The number of aromatic nitrogens is 2. The molecule has 8 heteroatoms. The van der Waals surface area contributed by atoms with Crippen LogP contribution in [-0.4, -0.2) is 47.6 Å². The molecule has 1 fully saturated rings. The molecule has 1 saturated heterocycles. The van der Waals surface area contributed by atoms with Crippen LogP contribution in [-0.2, 0) is 20.7 Å². The number of anilines is 1. The Morgan fingerprint density at radius 2 is 2.10 bits per heavy atom. The molecule has 0 saturated carbocycles. The molecule has 1 atom stereocenters. The van der Waals surface area contributed by atoms with E-state index in [4.69, 9.17) is 9.47 Å². The first-order chi connectivity index (χ1) is 14.0. The molecule has 2 amide bonds. The summed E-state index contributed by atoms with van der Waals surface area (Å²) in [6, 6.07) is 4.35. The maximum absolute atomic E-state index is 12.3. The summed E-state index contributed by atoms with van der Waals surface area (Å²) in [6.07, 6.45) is 5.47. The highest BCUT2D eigenvalue weighted by molar-refractivity contribution is 5.95. The van der Waals surface area contributed by atoms with Gasteiger partial charge < -0.3 is 19.7 Å². The van der Waals surface area contributed by atoms with Crippen molar-refractivity contribution in [1.29, 1.82) is 0 Å². The molecule has 2 aliphatic heterocycles. The Hall–Kier alpha value is -2.87. The summed E-state index contributed by atoms with van der Waals surface area (Å²) < 4.78 is 13.2. The number of hydrogen-bond donors (Lipinski definition) is 1. The average Bonchev–Trinajstić information content (AvgIpc) is 3.08. The van der Waals surface area contributed by atoms with Crippen LogP contribution in [0.5, 0.6) is 5.75 Å². The Labute approximate surface area is 169 Å². The fraction of sp³-hybridized carbons (Fsp3) is 0.476. The van der Waals surface area contributed by atoms with E-state index in [1.54, 1.807) is 6.92 Å². The van der Waals surface area contributed by atoms with Crippen LogP contribution in [0.25, 0.3) is 11.1 Å². The van der Waals surface area contributed by atoms with E-state index in [9.17, 15) is 9.59 Å². The van der Waals surface area contributed by atoms with Crippen LogP contribution in [0, 0.1) is 0 Å². The van der Waals surface area contributed by atoms with E-state index in [1.807, 2.05) is 34.1 Å².